The van der Waals surface area contributed by atoms with Crippen molar-refractivity contribution in [1.82, 2.24) is 4.90 Å². The summed E-state index contributed by atoms with van der Waals surface area (Å²) in [5, 5.41) is 0. The fourth-order valence-corrected chi connectivity index (χ4v) is 2.11. The van der Waals surface area contributed by atoms with Gasteiger partial charge in [0.15, 0.2) is 11.6 Å². The first-order valence-corrected chi connectivity index (χ1v) is 7.82. The van der Waals surface area contributed by atoms with Gasteiger partial charge < -0.3 is 15.4 Å². The molecule has 21 heavy (non-hydrogen) atoms. The molecule has 0 bridgehead atoms. The molecular formula is C14H22ClFN2O2S. The van der Waals surface area contributed by atoms with Crippen LogP contribution in [0.1, 0.15) is 6.42 Å². The summed E-state index contributed by atoms with van der Waals surface area (Å²) in [6.45, 7) is 0.610. The number of nitrogens with two attached hydrogens (primary N) is 1. The van der Waals surface area contributed by atoms with E-state index >= 15 is 0 Å². The van der Waals surface area contributed by atoms with Gasteiger partial charge >= 0.3 is 0 Å². The Bertz CT molecular complexity index is 437. The summed E-state index contributed by atoms with van der Waals surface area (Å²) < 4.78 is 18.6. The molecule has 2 N–H and O–H groups in total. The highest BCUT2D eigenvalue weighted by Crippen LogP contribution is 2.15. The zero-order valence-electron chi connectivity index (χ0n) is 12.3. The van der Waals surface area contributed by atoms with Gasteiger partial charge in [0, 0.05) is 7.05 Å². The normalized spacial score (nSPS) is 11.4. The number of carbonyl (C=O) groups is 1. The van der Waals surface area contributed by atoms with Gasteiger partial charge in [0.2, 0.25) is 5.91 Å². The molecule has 0 radical (unpaired) electrons. The number of para-hydroxylation sites is 1. The highest BCUT2D eigenvalue weighted by molar-refractivity contribution is 7.98. The van der Waals surface area contributed by atoms with Crippen LogP contribution in [-0.4, -0.2) is 49.1 Å². The molecule has 0 aromatic heterocycles. The lowest BCUT2D eigenvalue weighted by atomic mass is 10.2. The molecule has 0 heterocycles. The lowest BCUT2D eigenvalue weighted by Crippen LogP contribution is -2.43. The zero-order valence-corrected chi connectivity index (χ0v) is 13.9. The smallest absolute Gasteiger partial charge is 0.239 e. The van der Waals surface area contributed by atoms with Gasteiger partial charge in [-0.05, 0) is 30.6 Å². The van der Waals surface area contributed by atoms with Gasteiger partial charge in [0.25, 0.3) is 0 Å². The Hall–Kier alpha value is -0.980. The summed E-state index contributed by atoms with van der Waals surface area (Å²) in [5.74, 6) is 0.529. The molecule has 0 aliphatic carbocycles. The molecular weight excluding hydrogens is 315 g/mol. The Kier molecular flexibility index (Phi) is 10.2. The van der Waals surface area contributed by atoms with Crippen molar-refractivity contribution in [3.05, 3.63) is 30.1 Å². The topological polar surface area (TPSA) is 55.6 Å². The first kappa shape index (κ1) is 20.0. The van der Waals surface area contributed by atoms with Crippen LogP contribution in [0.2, 0.25) is 0 Å². The number of carbonyl (C=O) groups excluding carboxylic acids is 1. The lowest BCUT2D eigenvalue weighted by molar-refractivity contribution is -0.131. The number of ether oxygens (including phenoxy) is 1. The first-order chi connectivity index (χ1) is 9.56. The van der Waals surface area contributed by atoms with Gasteiger partial charge in [0.1, 0.15) is 6.61 Å². The Morgan fingerprint density at radius 2 is 2.14 bits per heavy atom. The van der Waals surface area contributed by atoms with Crippen LogP contribution >= 0.6 is 24.2 Å². The summed E-state index contributed by atoms with van der Waals surface area (Å²) >= 11 is 1.66. The van der Waals surface area contributed by atoms with Crippen molar-refractivity contribution >= 4 is 30.1 Å². The predicted octanol–water partition coefficient (Wildman–Crippen LogP) is 2.17. The number of halogens is 2. The van der Waals surface area contributed by atoms with Crippen LogP contribution in [0.3, 0.4) is 0 Å². The molecule has 1 aromatic carbocycles. The number of nitrogens with zero attached hydrogens (tertiary/aromatic N) is 1. The van der Waals surface area contributed by atoms with Crippen LogP contribution in [-0.2, 0) is 4.79 Å². The number of likely N-dealkylation sites (N-methyl/N-ethyl adjacent to an activating group) is 1. The Morgan fingerprint density at radius 3 is 2.76 bits per heavy atom. The van der Waals surface area contributed by atoms with Crippen LogP contribution in [0, 0.1) is 5.82 Å². The van der Waals surface area contributed by atoms with E-state index in [4.69, 9.17) is 10.5 Å². The van der Waals surface area contributed by atoms with Crippen molar-refractivity contribution in [2.24, 2.45) is 5.73 Å². The third-order valence-electron chi connectivity index (χ3n) is 2.85. The van der Waals surface area contributed by atoms with E-state index in [-0.39, 0.29) is 30.7 Å². The quantitative estimate of drug-likeness (QED) is 0.790. The minimum Gasteiger partial charge on any atom is -0.489 e. The molecule has 1 rings (SSSR count). The summed E-state index contributed by atoms with van der Waals surface area (Å²) in [7, 11) is 1.67. The number of benzene rings is 1. The second-order valence-corrected chi connectivity index (χ2v) is 5.41. The van der Waals surface area contributed by atoms with Gasteiger partial charge in [-0.25, -0.2) is 4.39 Å². The van der Waals surface area contributed by atoms with Crippen molar-refractivity contribution in [2.45, 2.75) is 12.5 Å². The van der Waals surface area contributed by atoms with E-state index in [2.05, 4.69) is 0 Å². The van der Waals surface area contributed by atoms with Crippen molar-refractivity contribution in [3.8, 4) is 5.75 Å². The molecule has 0 aliphatic heterocycles. The maximum Gasteiger partial charge on any atom is 0.239 e. The maximum absolute atomic E-state index is 13.3. The van der Waals surface area contributed by atoms with Crippen LogP contribution in [0.4, 0.5) is 4.39 Å². The number of thioether (sulfide) groups is 1. The van der Waals surface area contributed by atoms with E-state index in [1.165, 1.54) is 11.0 Å². The van der Waals surface area contributed by atoms with E-state index in [1.54, 1.807) is 37.0 Å². The molecule has 0 spiro atoms. The summed E-state index contributed by atoms with van der Waals surface area (Å²) in [5.41, 5.74) is 5.81. The fraction of sp³-hybridized carbons (Fsp3) is 0.500. The van der Waals surface area contributed by atoms with Crippen LogP contribution < -0.4 is 10.5 Å². The van der Waals surface area contributed by atoms with Crippen molar-refractivity contribution < 1.29 is 13.9 Å². The zero-order chi connectivity index (χ0) is 15.0. The molecule has 7 heteroatoms. The van der Waals surface area contributed by atoms with Crippen molar-refractivity contribution in [2.75, 3.05) is 32.2 Å². The van der Waals surface area contributed by atoms with E-state index in [1.807, 2.05) is 6.26 Å². The van der Waals surface area contributed by atoms with Crippen LogP contribution in [0.5, 0.6) is 5.75 Å². The maximum atomic E-state index is 13.3. The minimum absolute atomic E-state index is 0. The standard InChI is InChI=1S/C14H21FN2O2S.ClH/c1-17(14(18)12(16)7-10-20-2)8-9-19-13-6-4-3-5-11(13)15;/h3-6,12H,7-10,16H2,1-2H3;1H/t12-;/m0./s1. The minimum atomic E-state index is -0.485. The number of rotatable bonds is 8. The average molecular weight is 337 g/mol. The van der Waals surface area contributed by atoms with Gasteiger partial charge in [-0.1, -0.05) is 12.1 Å². The van der Waals surface area contributed by atoms with Gasteiger partial charge in [0.05, 0.1) is 12.6 Å². The molecule has 0 fully saturated rings. The molecule has 1 aromatic rings. The van der Waals surface area contributed by atoms with Crippen LogP contribution in [0.25, 0.3) is 0 Å². The molecule has 0 unspecified atom stereocenters. The number of hydrogen-bond donors (Lipinski definition) is 1. The van der Waals surface area contributed by atoms with Crippen molar-refractivity contribution in [3.63, 3.8) is 0 Å². The molecule has 0 saturated carbocycles. The van der Waals surface area contributed by atoms with E-state index < -0.39 is 11.9 Å². The molecule has 120 valence electrons. The van der Waals surface area contributed by atoms with Gasteiger partial charge in [-0.2, -0.15) is 11.8 Å². The van der Waals surface area contributed by atoms with Crippen LogP contribution in [0.15, 0.2) is 24.3 Å². The first-order valence-electron chi connectivity index (χ1n) is 6.43. The summed E-state index contributed by atoms with van der Waals surface area (Å²) in [6.07, 6.45) is 2.63. The monoisotopic (exact) mass is 336 g/mol. The Balaban J connectivity index is 0.00000400. The second-order valence-electron chi connectivity index (χ2n) is 4.43. The van der Waals surface area contributed by atoms with E-state index in [0.717, 1.165) is 5.75 Å². The Morgan fingerprint density at radius 1 is 1.48 bits per heavy atom. The summed E-state index contributed by atoms with van der Waals surface area (Å²) in [6, 6.07) is 5.71. The number of amides is 1. The fourth-order valence-electron chi connectivity index (χ4n) is 1.62. The van der Waals surface area contributed by atoms with Gasteiger partial charge in [-0.3, -0.25) is 4.79 Å². The highest BCUT2D eigenvalue weighted by atomic mass is 35.5. The molecule has 0 aliphatic rings. The lowest BCUT2D eigenvalue weighted by Gasteiger charge is -2.21. The van der Waals surface area contributed by atoms with Gasteiger partial charge in [-0.15, -0.1) is 12.4 Å². The molecule has 4 nitrogen and oxygen atoms in total. The van der Waals surface area contributed by atoms with E-state index in [0.29, 0.717) is 13.0 Å². The summed E-state index contributed by atoms with van der Waals surface area (Å²) in [4.78, 5) is 13.4. The third kappa shape index (κ3) is 7.02. The third-order valence-corrected chi connectivity index (χ3v) is 3.49. The largest absolute Gasteiger partial charge is 0.489 e. The number of hydrogen-bond acceptors (Lipinski definition) is 4. The predicted molar refractivity (Wildman–Crippen MR) is 87.8 cm³/mol. The average Bonchev–Trinajstić information content (AvgIpc) is 2.45. The second kappa shape index (κ2) is 10.7. The Labute approximate surface area is 135 Å². The van der Waals surface area contributed by atoms with E-state index in [9.17, 15) is 9.18 Å². The van der Waals surface area contributed by atoms with Crippen molar-refractivity contribution in [1.29, 1.82) is 0 Å². The SMILES string of the molecule is CSCC[C@H](N)C(=O)N(C)CCOc1ccccc1F.Cl. The molecule has 1 amide bonds. The molecule has 0 saturated heterocycles. The molecule has 1 atom stereocenters. The highest BCUT2D eigenvalue weighted by Gasteiger charge is 2.17.